The summed E-state index contributed by atoms with van der Waals surface area (Å²) in [4.78, 5) is 62.9. The minimum absolute atomic E-state index is 0.0797. The SMILES string of the molecule is COc1cc2c(cc1OCCCCCOc1cc3c(cc1OC)C(=O)N1c4ccccc4C[C@H]1CN3C(=O)CCC(N)=O)N=C[C@@H]1Cc3ccccc3N1C2=O. The molecule has 0 saturated heterocycles. The lowest BCUT2D eigenvalue weighted by atomic mass is 10.1. The van der Waals surface area contributed by atoms with Gasteiger partial charge in [0.2, 0.25) is 11.8 Å². The van der Waals surface area contributed by atoms with E-state index in [9.17, 15) is 19.2 Å². The Balaban J connectivity index is 0.917. The van der Waals surface area contributed by atoms with E-state index < -0.39 is 5.91 Å². The molecule has 0 fully saturated rings. The lowest BCUT2D eigenvalue weighted by Crippen LogP contribution is -2.44. The van der Waals surface area contributed by atoms with Crippen LogP contribution >= 0.6 is 0 Å². The molecule has 0 aliphatic carbocycles. The van der Waals surface area contributed by atoms with E-state index in [0.29, 0.717) is 78.0 Å². The highest BCUT2D eigenvalue weighted by molar-refractivity contribution is 6.16. The van der Waals surface area contributed by atoms with Gasteiger partial charge in [0.05, 0.1) is 62.0 Å². The van der Waals surface area contributed by atoms with Crippen LogP contribution in [-0.2, 0) is 22.4 Å². The minimum atomic E-state index is -0.571. The summed E-state index contributed by atoms with van der Waals surface area (Å²) in [6.45, 7) is 1.00. The van der Waals surface area contributed by atoms with Crippen molar-refractivity contribution in [1.82, 2.24) is 0 Å². The number of para-hydroxylation sites is 2. The predicted octanol–water partition coefficient (Wildman–Crippen LogP) is 5.80. The second-order valence-electron chi connectivity index (χ2n) is 14.3. The number of amides is 4. The first-order valence-electron chi connectivity index (χ1n) is 18.9. The number of ether oxygens (including phenoxy) is 4. The number of carbonyl (C=O) groups excluding carboxylic acids is 4. The number of anilines is 3. The van der Waals surface area contributed by atoms with E-state index >= 15 is 0 Å². The van der Waals surface area contributed by atoms with E-state index in [1.165, 1.54) is 7.11 Å². The van der Waals surface area contributed by atoms with E-state index in [4.69, 9.17) is 24.7 Å². The van der Waals surface area contributed by atoms with Gasteiger partial charge in [-0.15, -0.1) is 0 Å². The molecule has 0 saturated carbocycles. The molecule has 4 aliphatic rings. The van der Waals surface area contributed by atoms with E-state index in [1.54, 1.807) is 46.1 Å². The zero-order valence-electron chi connectivity index (χ0n) is 31.4. The van der Waals surface area contributed by atoms with Crippen LogP contribution in [0.5, 0.6) is 23.0 Å². The van der Waals surface area contributed by atoms with Gasteiger partial charge in [-0.05, 0) is 61.1 Å². The number of carbonyl (C=O) groups is 4. The first kappa shape index (κ1) is 36.6. The van der Waals surface area contributed by atoms with Gasteiger partial charge in [-0.3, -0.25) is 29.1 Å². The van der Waals surface area contributed by atoms with Crippen LogP contribution in [0.3, 0.4) is 0 Å². The number of aliphatic imine (C=N–C) groups is 1. The zero-order valence-corrected chi connectivity index (χ0v) is 31.4. The molecular formula is C43H43N5O8. The van der Waals surface area contributed by atoms with Crippen molar-refractivity contribution < 1.29 is 38.1 Å². The summed E-state index contributed by atoms with van der Waals surface area (Å²) < 4.78 is 23.7. The van der Waals surface area contributed by atoms with Crippen molar-refractivity contribution in [3.8, 4) is 23.0 Å². The molecular weight excluding hydrogens is 714 g/mol. The van der Waals surface area contributed by atoms with Gasteiger partial charge >= 0.3 is 0 Å². The third-order valence-electron chi connectivity index (χ3n) is 10.8. The lowest BCUT2D eigenvalue weighted by Gasteiger charge is -2.27. The number of nitrogens with two attached hydrogens (primary N) is 1. The fraction of sp³-hybridized carbons (Fsp3) is 0.326. The number of rotatable bonds is 13. The topological polar surface area (TPSA) is 153 Å². The van der Waals surface area contributed by atoms with Crippen LogP contribution in [0.25, 0.3) is 0 Å². The monoisotopic (exact) mass is 757 g/mol. The lowest BCUT2D eigenvalue weighted by molar-refractivity contribution is -0.123. The van der Waals surface area contributed by atoms with Gasteiger partial charge < -0.3 is 34.5 Å². The Morgan fingerprint density at radius 1 is 0.714 bits per heavy atom. The summed E-state index contributed by atoms with van der Waals surface area (Å²) in [6, 6.07) is 22.0. The fourth-order valence-electron chi connectivity index (χ4n) is 8.07. The van der Waals surface area contributed by atoms with Crippen LogP contribution in [-0.4, -0.2) is 75.9 Å². The molecule has 2 atom stereocenters. The highest BCUT2D eigenvalue weighted by atomic mass is 16.5. The van der Waals surface area contributed by atoms with E-state index in [0.717, 1.165) is 35.3 Å². The Labute approximate surface area is 324 Å². The summed E-state index contributed by atoms with van der Waals surface area (Å²) in [7, 11) is 3.06. The van der Waals surface area contributed by atoms with Gasteiger partial charge in [-0.2, -0.15) is 0 Å². The first-order valence-corrected chi connectivity index (χ1v) is 18.9. The Morgan fingerprint density at radius 2 is 1.32 bits per heavy atom. The summed E-state index contributed by atoms with van der Waals surface area (Å²) in [5.41, 5.74) is 11.0. The second kappa shape index (κ2) is 15.4. The largest absolute Gasteiger partial charge is 0.493 e. The number of methoxy groups -OCH3 is 2. The van der Waals surface area contributed by atoms with Crippen LogP contribution < -0.4 is 39.4 Å². The van der Waals surface area contributed by atoms with Gasteiger partial charge in [0.15, 0.2) is 23.0 Å². The van der Waals surface area contributed by atoms with E-state index in [-0.39, 0.29) is 49.2 Å². The maximum Gasteiger partial charge on any atom is 0.261 e. The molecule has 0 spiro atoms. The first-order chi connectivity index (χ1) is 27.2. The summed E-state index contributed by atoms with van der Waals surface area (Å²) in [6.07, 6.45) is 5.15. The molecule has 4 aromatic rings. The maximum absolute atomic E-state index is 14.2. The standard InChI is InChI=1S/C43H43N5O8/c1-53-36-20-30-32(45-24-28-18-26-10-4-6-12-33(26)47(28)42(30)51)22-38(36)55-16-8-3-9-17-56-39-23-35-31(21-37(39)54-2)43(52)48-29(19-27-11-5-7-13-34(27)48)25-46(35)41(50)15-14-40(44)49/h4-7,10-13,20-24,28-29H,3,8-9,14-19,25H2,1-2H3,(H2,44,49)/t28-,29-/m0/s1. The Kier molecular flexibility index (Phi) is 10.1. The number of hydrogen-bond acceptors (Lipinski definition) is 9. The molecule has 0 aromatic heterocycles. The second-order valence-corrected chi connectivity index (χ2v) is 14.3. The number of primary amides is 1. The Morgan fingerprint density at radius 3 is 2.00 bits per heavy atom. The third kappa shape index (κ3) is 6.78. The smallest absolute Gasteiger partial charge is 0.261 e. The number of nitrogens with zero attached hydrogens (tertiary/aromatic N) is 4. The van der Waals surface area contributed by atoms with Crippen LogP contribution in [0.2, 0.25) is 0 Å². The molecule has 13 heteroatoms. The molecule has 4 aliphatic heterocycles. The number of fused-ring (bicyclic) bond motifs is 8. The van der Waals surface area contributed by atoms with E-state index in [1.807, 2.05) is 54.7 Å². The summed E-state index contributed by atoms with van der Waals surface area (Å²) in [5.74, 6) is 0.515. The molecule has 0 radical (unpaired) electrons. The van der Waals surface area contributed by atoms with Crippen molar-refractivity contribution in [1.29, 1.82) is 0 Å². The van der Waals surface area contributed by atoms with Gasteiger partial charge in [0.1, 0.15) is 0 Å². The van der Waals surface area contributed by atoms with Crippen LogP contribution in [0, 0.1) is 0 Å². The minimum Gasteiger partial charge on any atom is -0.493 e. The van der Waals surface area contributed by atoms with Crippen molar-refractivity contribution in [3.63, 3.8) is 0 Å². The zero-order chi connectivity index (χ0) is 38.9. The molecule has 288 valence electrons. The summed E-state index contributed by atoms with van der Waals surface area (Å²) >= 11 is 0. The summed E-state index contributed by atoms with van der Waals surface area (Å²) in [5, 5.41) is 0. The Bertz CT molecular complexity index is 2260. The van der Waals surface area contributed by atoms with Crippen molar-refractivity contribution in [2.24, 2.45) is 10.7 Å². The molecule has 4 heterocycles. The quantitative estimate of drug-likeness (QED) is 0.168. The molecule has 4 amide bonds. The van der Waals surface area contributed by atoms with Crippen molar-refractivity contribution in [3.05, 3.63) is 95.1 Å². The molecule has 0 unspecified atom stereocenters. The number of unbranched alkanes of at least 4 members (excludes halogenated alkanes) is 2. The van der Waals surface area contributed by atoms with Crippen molar-refractivity contribution >= 4 is 52.6 Å². The Hall–Kier alpha value is -6.37. The molecule has 13 nitrogen and oxygen atoms in total. The molecule has 0 bridgehead atoms. The van der Waals surface area contributed by atoms with Gasteiger partial charge in [-0.25, -0.2) is 0 Å². The average molecular weight is 758 g/mol. The molecule has 4 aromatic carbocycles. The van der Waals surface area contributed by atoms with Gasteiger partial charge in [0.25, 0.3) is 11.8 Å². The highest BCUT2D eigenvalue weighted by Gasteiger charge is 2.42. The van der Waals surface area contributed by atoms with Crippen LogP contribution in [0.15, 0.2) is 77.8 Å². The number of hydrogen-bond donors (Lipinski definition) is 1. The highest BCUT2D eigenvalue weighted by Crippen LogP contribution is 2.44. The van der Waals surface area contributed by atoms with Gasteiger partial charge in [-0.1, -0.05) is 36.4 Å². The third-order valence-corrected chi connectivity index (χ3v) is 10.8. The van der Waals surface area contributed by atoms with Crippen molar-refractivity contribution in [2.75, 3.05) is 48.7 Å². The predicted molar refractivity (Wildman–Crippen MR) is 211 cm³/mol. The normalized spacial score (nSPS) is 17.5. The van der Waals surface area contributed by atoms with Crippen LogP contribution in [0.4, 0.5) is 22.7 Å². The maximum atomic E-state index is 14.2. The number of benzene rings is 4. The van der Waals surface area contributed by atoms with Crippen molar-refractivity contribution in [2.45, 2.75) is 57.0 Å². The molecule has 8 rings (SSSR count). The molecule has 2 N–H and O–H groups in total. The average Bonchev–Trinajstić information content (AvgIpc) is 3.70. The van der Waals surface area contributed by atoms with E-state index in [2.05, 4.69) is 4.99 Å². The molecule has 56 heavy (non-hydrogen) atoms. The van der Waals surface area contributed by atoms with Crippen LogP contribution in [0.1, 0.15) is 63.9 Å². The van der Waals surface area contributed by atoms with Gasteiger partial charge in [0, 0.05) is 55.5 Å². The fourth-order valence-corrected chi connectivity index (χ4v) is 8.07.